The van der Waals surface area contributed by atoms with E-state index in [1.165, 1.54) is 44.9 Å². The van der Waals surface area contributed by atoms with Crippen molar-refractivity contribution >= 4 is 5.97 Å². The summed E-state index contributed by atoms with van der Waals surface area (Å²) in [6.07, 6.45) is 15.1. The van der Waals surface area contributed by atoms with Gasteiger partial charge >= 0.3 is 5.97 Å². The van der Waals surface area contributed by atoms with Crippen LogP contribution >= 0.6 is 0 Å². The highest BCUT2D eigenvalue weighted by molar-refractivity contribution is 5.66. The van der Waals surface area contributed by atoms with Crippen molar-refractivity contribution in [1.29, 1.82) is 0 Å². The van der Waals surface area contributed by atoms with E-state index < -0.39 is 5.97 Å². The molecule has 106 valence electrons. The first-order valence-corrected chi connectivity index (χ1v) is 7.35. The monoisotopic (exact) mass is 255 g/mol. The number of carboxylic acid groups (broad SMARTS) is 1. The highest BCUT2D eigenvalue weighted by Crippen LogP contribution is 2.08. The lowest BCUT2D eigenvalue weighted by molar-refractivity contribution is -0.136. The highest BCUT2D eigenvalue weighted by Gasteiger charge is 1.93. The van der Waals surface area contributed by atoms with E-state index in [1.807, 2.05) is 0 Å². The Kier molecular flexibility index (Phi) is 13.6. The van der Waals surface area contributed by atoms with Gasteiger partial charge in [0.25, 0.3) is 0 Å². The minimum absolute atomic E-state index is 0.200. The first kappa shape index (κ1) is 17.2. The summed E-state index contributed by atoms with van der Waals surface area (Å²) < 4.78 is 0. The molecule has 3 heteroatoms. The van der Waals surface area contributed by atoms with Crippen LogP contribution in [0, 0.1) is 0 Å². The molecule has 0 fully saturated rings. The van der Waals surface area contributed by atoms with Gasteiger partial charge in [-0.1, -0.05) is 57.6 Å². The van der Waals surface area contributed by atoms with Crippen LogP contribution in [0.1, 0.15) is 64.7 Å². The molecule has 0 aliphatic heterocycles. The maximum Gasteiger partial charge on any atom is 0.304 e. The van der Waals surface area contributed by atoms with Crippen molar-refractivity contribution in [1.82, 2.24) is 5.32 Å². The molecule has 0 heterocycles. The van der Waals surface area contributed by atoms with E-state index in [4.69, 9.17) is 5.11 Å². The summed E-state index contributed by atoms with van der Waals surface area (Å²) >= 11 is 0. The molecule has 0 saturated carbocycles. The van der Waals surface area contributed by atoms with Gasteiger partial charge in [0.05, 0.1) is 6.42 Å². The molecule has 0 amide bonds. The first-order valence-electron chi connectivity index (χ1n) is 7.35. The maximum atomic E-state index is 10.2. The molecule has 2 N–H and O–H groups in total. The highest BCUT2D eigenvalue weighted by atomic mass is 16.4. The molecule has 0 aliphatic carbocycles. The summed E-state index contributed by atoms with van der Waals surface area (Å²) in [5.41, 5.74) is 0. The summed E-state index contributed by atoms with van der Waals surface area (Å²) in [4.78, 5) is 10.2. The molecule has 0 aliphatic rings. The molecule has 0 aromatic heterocycles. The van der Waals surface area contributed by atoms with Gasteiger partial charge in [-0.15, -0.1) is 0 Å². The van der Waals surface area contributed by atoms with E-state index in [0.717, 1.165) is 13.0 Å². The fourth-order valence-electron chi connectivity index (χ4n) is 1.80. The second-order valence-corrected chi connectivity index (χ2v) is 4.73. The van der Waals surface area contributed by atoms with Gasteiger partial charge in [-0.3, -0.25) is 4.79 Å². The third kappa shape index (κ3) is 15.2. The minimum atomic E-state index is -0.741. The Bertz CT molecular complexity index is 215. The van der Waals surface area contributed by atoms with E-state index in [2.05, 4.69) is 24.4 Å². The molecule has 0 atom stereocenters. The molecule has 0 aromatic rings. The van der Waals surface area contributed by atoms with E-state index in [0.29, 0.717) is 6.54 Å². The first-order chi connectivity index (χ1) is 8.77. The van der Waals surface area contributed by atoms with Gasteiger partial charge in [0.2, 0.25) is 0 Å². The number of carboxylic acids is 1. The van der Waals surface area contributed by atoms with Crippen molar-refractivity contribution in [3.8, 4) is 0 Å². The summed E-state index contributed by atoms with van der Waals surface area (Å²) in [5, 5.41) is 11.5. The number of unbranched alkanes of at least 4 members (excludes halogenated alkanes) is 7. The normalized spacial score (nSPS) is 11.2. The van der Waals surface area contributed by atoms with Gasteiger partial charge in [0.1, 0.15) is 0 Å². The summed E-state index contributed by atoms with van der Waals surface area (Å²) in [6, 6.07) is 0. The van der Waals surface area contributed by atoms with Gasteiger partial charge in [0, 0.05) is 13.1 Å². The van der Waals surface area contributed by atoms with E-state index >= 15 is 0 Å². The SMILES string of the molecule is CCCCCCCCCC=CCNCCC(=O)O. The van der Waals surface area contributed by atoms with Gasteiger partial charge < -0.3 is 10.4 Å². The molecule has 3 nitrogen and oxygen atoms in total. The van der Waals surface area contributed by atoms with Gasteiger partial charge in [-0.05, 0) is 12.8 Å². The number of hydrogen-bond acceptors (Lipinski definition) is 2. The molecule has 0 radical (unpaired) electrons. The standard InChI is InChI=1S/C15H29NO2/c1-2-3-4-5-6-7-8-9-10-11-13-16-14-12-15(17)18/h10-11,16H,2-9,12-14H2,1H3,(H,17,18). The summed E-state index contributed by atoms with van der Waals surface area (Å²) in [7, 11) is 0. The fourth-order valence-corrected chi connectivity index (χ4v) is 1.80. The zero-order chi connectivity index (χ0) is 13.5. The average Bonchev–Trinajstić information content (AvgIpc) is 2.34. The second kappa shape index (κ2) is 14.2. The number of aliphatic carboxylic acids is 1. The van der Waals surface area contributed by atoms with Crippen LogP contribution in [-0.2, 0) is 4.79 Å². The smallest absolute Gasteiger partial charge is 0.304 e. The molecule has 0 bridgehead atoms. The fraction of sp³-hybridized carbons (Fsp3) is 0.800. The quantitative estimate of drug-likeness (QED) is 0.389. The zero-order valence-electron chi connectivity index (χ0n) is 11.8. The molecule has 0 saturated heterocycles. The van der Waals surface area contributed by atoms with Crippen molar-refractivity contribution in [3.63, 3.8) is 0 Å². The average molecular weight is 255 g/mol. The van der Waals surface area contributed by atoms with E-state index in [9.17, 15) is 4.79 Å². The van der Waals surface area contributed by atoms with Gasteiger partial charge in [-0.2, -0.15) is 0 Å². The minimum Gasteiger partial charge on any atom is -0.481 e. The van der Waals surface area contributed by atoms with Gasteiger partial charge in [0.15, 0.2) is 0 Å². The van der Waals surface area contributed by atoms with Crippen LogP contribution < -0.4 is 5.32 Å². The topological polar surface area (TPSA) is 49.3 Å². The largest absolute Gasteiger partial charge is 0.481 e. The van der Waals surface area contributed by atoms with Gasteiger partial charge in [-0.25, -0.2) is 0 Å². The lowest BCUT2D eigenvalue weighted by Crippen LogP contribution is -2.17. The zero-order valence-corrected chi connectivity index (χ0v) is 11.8. The lowest BCUT2D eigenvalue weighted by Gasteiger charge is -1.99. The summed E-state index contributed by atoms with van der Waals surface area (Å²) in [6.45, 7) is 3.58. The van der Waals surface area contributed by atoms with Crippen LogP contribution in [0.2, 0.25) is 0 Å². The third-order valence-electron chi connectivity index (χ3n) is 2.92. The Hall–Kier alpha value is -0.830. The van der Waals surface area contributed by atoms with Crippen LogP contribution in [0.3, 0.4) is 0 Å². The van der Waals surface area contributed by atoms with E-state index in [-0.39, 0.29) is 6.42 Å². The predicted molar refractivity (Wildman–Crippen MR) is 76.9 cm³/mol. The number of carbonyl (C=O) groups is 1. The molecule has 0 rings (SSSR count). The number of allylic oxidation sites excluding steroid dienone is 1. The predicted octanol–water partition coefficient (Wildman–Crippen LogP) is 3.75. The lowest BCUT2D eigenvalue weighted by atomic mass is 10.1. The Labute approximate surface area is 112 Å². The number of rotatable bonds is 13. The van der Waals surface area contributed by atoms with Crippen molar-refractivity contribution in [3.05, 3.63) is 12.2 Å². The van der Waals surface area contributed by atoms with Crippen LogP contribution in [-0.4, -0.2) is 24.2 Å². The maximum absolute atomic E-state index is 10.2. The van der Waals surface area contributed by atoms with Crippen LogP contribution in [0.5, 0.6) is 0 Å². The molecule has 18 heavy (non-hydrogen) atoms. The molecular weight excluding hydrogens is 226 g/mol. The Balaban J connectivity index is 3.06. The Morgan fingerprint density at radius 1 is 1.06 bits per heavy atom. The Morgan fingerprint density at radius 3 is 2.39 bits per heavy atom. The van der Waals surface area contributed by atoms with Crippen molar-refractivity contribution in [2.45, 2.75) is 64.7 Å². The molecule has 0 spiro atoms. The van der Waals surface area contributed by atoms with Crippen molar-refractivity contribution in [2.75, 3.05) is 13.1 Å². The van der Waals surface area contributed by atoms with Crippen LogP contribution in [0.15, 0.2) is 12.2 Å². The van der Waals surface area contributed by atoms with E-state index in [1.54, 1.807) is 0 Å². The van der Waals surface area contributed by atoms with Crippen molar-refractivity contribution in [2.24, 2.45) is 0 Å². The van der Waals surface area contributed by atoms with Crippen LogP contribution in [0.4, 0.5) is 0 Å². The second-order valence-electron chi connectivity index (χ2n) is 4.73. The summed E-state index contributed by atoms with van der Waals surface area (Å²) in [5.74, 6) is -0.741. The molecular formula is C15H29NO2. The van der Waals surface area contributed by atoms with Crippen molar-refractivity contribution < 1.29 is 9.90 Å². The third-order valence-corrected chi connectivity index (χ3v) is 2.92. The molecule has 0 aromatic carbocycles. The molecule has 0 unspecified atom stereocenters. The van der Waals surface area contributed by atoms with Crippen LogP contribution in [0.25, 0.3) is 0 Å². The number of hydrogen-bond donors (Lipinski definition) is 2. The Morgan fingerprint density at radius 2 is 1.72 bits per heavy atom. The number of nitrogens with one attached hydrogen (secondary N) is 1.